The van der Waals surface area contributed by atoms with Gasteiger partial charge in [-0.2, -0.15) is 0 Å². The van der Waals surface area contributed by atoms with Crippen molar-refractivity contribution in [2.24, 2.45) is 5.16 Å². The molecule has 34 heavy (non-hydrogen) atoms. The van der Waals surface area contributed by atoms with Crippen LogP contribution in [0, 0.1) is 19.7 Å². The van der Waals surface area contributed by atoms with E-state index >= 15 is 0 Å². The van der Waals surface area contributed by atoms with Gasteiger partial charge in [0.2, 0.25) is 0 Å². The molecule has 7 nitrogen and oxygen atoms in total. The molecule has 1 atom stereocenters. The van der Waals surface area contributed by atoms with Crippen molar-refractivity contribution in [2.75, 3.05) is 20.3 Å². The van der Waals surface area contributed by atoms with Gasteiger partial charge in [-0.05, 0) is 73.7 Å². The first-order valence-electron chi connectivity index (χ1n) is 11.3. The van der Waals surface area contributed by atoms with E-state index in [1.807, 2.05) is 59.9 Å². The quantitative estimate of drug-likeness (QED) is 0.612. The van der Waals surface area contributed by atoms with Crippen LogP contribution in [0.2, 0.25) is 0 Å². The number of aryl methyl sites for hydroxylation is 2. The number of imidazole rings is 1. The number of fused-ring (bicyclic) bond motifs is 1. The van der Waals surface area contributed by atoms with Gasteiger partial charge in [0.1, 0.15) is 18.2 Å². The van der Waals surface area contributed by atoms with Gasteiger partial charge in [0.05, 0.1) is 30.4 Å². The van der Waals surface area contributed by atoms with Crippen LogP contribution >= 0.6 is 0 Å². The van der Waals surface area contributed by atoms with Crippen molar-refractivity contribution < 1.29 is 19.1 Å². The van der Waals surface area contributed by atoms with Crippen molar-refractivity contribution in [1.82, 2.24) is 14.5 Å². The zero-order valence-electron chi connectivity index (χ0n) is 19.5. The van der Waals surface area contributed by atoms with E-state index in [9.17, 15) is 9.50 Å². The highest BCUT2D eigenvalue weighted by atomic mass is 19.1. The van der Waals surface area contributed by atoms with E-state index in [1.165, 1.54) is 6.07 Å². The lowest BCUT2D eigenvalue weighted by atomic mass is 9.94. The third kappa shape index (κ3) is 3.64. The Balaban J connectivity index is 1.49. The number of aliphatic hydroxyl groups is 1. The number of methoxy groups -OCH3 is 1. The van der Waals surface area contributed by atoms with Crippen LogP contribution in [0.5, 0.6) is 5.75 Å². The highest BCUT2D eigenvalue weighted by Gasteiger charge is 2.50. The Morgan fingerprint density at radius 1 is 1.24 bits per heavy atom. The molecule has 2 aromatic carbocycles. The monoisotopic (exact) mass is 462 g/mol. The summed E-state index contributed by atoms with van der Waals surface area (Å²) in [5.41, 5.74) is 3.44. The summed E-state index contributed by atoms with van der Waals surface area (Å²) < 4.78 is 22.5. The Morgan fingerprint density at radius 2 is 2.09 bits per heavy atom. The fourth-order valence-electron chi connectivity index (χ4n) is 4.67. The number of benzene rings is 2. The number of oxime groups is 1. The maximum absolute atomic E-state index is 14.9. The molecule has 0 saturated carbocycles. The van der Waals surface area contributed by atoms with Gasteiger partial charge in [0, 0.05) is 12.7 Å². The number of amidine groups is 1. The lowest BCUT2D eigenvalue weighted by molar-refractivity contribution is -0.139. The second kappa shape index (κ2) is 8.61. The molecule has 5 rings (SSSR count). The number of halogens is 1. The van der Waals surface area contributed by atoms with Gasteiger partial charge in [-0.25, -0.2) is 9.37 Å². The molecule has 2 aliphatic heterocycles. The smallest absolute Gasteiger partial charge is 0.263 e. The fourth-order valence-corrected chi connectivity index (χ4v) is 4.67. The summed E-state index contributed by atoms with van der Waals surface area (Å²) in [5, 5.41) is 14.7. The fraction of sp³-hybridized carbons (Fsp3) is 0.308. The largest absolute Gasteiger partial charge is 0.495 e. The zero-order valence-corrected chi connectivity index (χ0v) is 19.5. The Labute approximate surface area is 197 Å². The van der Waals surface area contributed by atoms with Crippen LogP contribution in [0.1, 0.15) is 35.2 Å². The molecule has 1 saturated heterocycles. The van der Waals surface area contributed by atoms with Crippen LogP contribution in [-0.2, 0) is 10.6 Å². The molecule has 0 aliphatic carbocycles. The number of ether oxygens (including phenoxy) is 1. The van der Waals surface area contributed by atoms with E-state index in [1.54, 1.807) is 19.5 Å². The summed E-state index contributed by atoms with van der Waals surface area (Å²) in [7, 11) is 1.64. The highest BCUT2D eigenvalue weighted by Crippen LogP contribution is 2.41. The summed E-state index contributed by atoms with van der Waals surface area (Å²) in [4.78, 5) is 11.9. The Bertz CT molecular complexity index is 1300. The molecule has 0 amide bonds. The van der Waals surface area contributed by atoms with Crippen LogP contribution in [0.25, 0.3) is 11.8 Å². The van der Waals surface area contributed by atoms with E-state index in [-0.39, 0.29) is 5.56 Å². The third-order valence-electron chi connectivity index (χ3n) is 6.38. The standard InChI is InChI=1S/C26H27FN4O3/c1-17-6-8-21(22(27)11-17)26(15-32)31-10-4-5-20(25(31)29-34-26)12-19-7-9-23(24(13-19)33-3)30-14-18(2)28-16-30/h6-9,11-14,16,32H,4-5,10,15H2,1-3H3. The van der Waals surface area contributed by atoms with E-state index < -0.39 is 18.1 Å². The van der Waals surface area contributed by atoms with Crippen LogP contribution in [0.3, 0.4) is 0 Å². The molecular weight excluding hydrogens is 435 g/mol. The summed E-state index contributed by atoms with van der Waals surface area (Å²) in [6.07, 6.45) is 7.36. The molecule has 3 aromatic rings. The van der Waals surface area contributed by atoms with Crippen LogP contribution in [-0.4, -0.2) is 45.7 Å². The number of hydrogen-bond acceptors (Lipinski definition) is 6. The predicted molar refractivity (Wildman–Crippen MR) is 127 cm³/mol. The summed E-state index contributed by atoms with van der Waals surface area (Å²) in [6.45, 7) is 3.95. The molecular formula is C26H27FN4O3. The lowest BCUT2D eigenvalue weighted by Gasteiger charge is -2.39. The molecule has 176 valence electrons. The average Bonchev–Trinajstić information content (AvgIpc) is 3.44. The number of rotatable bonds is 5. The second-order valence-electron chi connectivity index (χ2n) is 8.71. The third-order valence-corrected chi connectivity index (χ3v) is 6.38. The molecule has 2 aliphatic rings. The zero-order chi connectivity index (χ0) is 23.9. The molecule has 0 bridgehead atoms. The number of hydrogen-bond donors (Lipinski definition) is 1. The van der Waals surface area contributed by atoms with Gasteiger partial charge in [-0.15, -0.1) is 0 Å². The van der Waals surface area contributed by atoms with Crippen molar-refractivity contribution in [3.63, 3.8) is 0 Å². The topological polar surface area (TPSA) is 72.1 Å². The van der Waals surface area contributed by atoms with Crippen LogP contribution < -0.4 is 4.74 Å². The van der Waals surface area contributed by atoms with Crippen molar-refractivity contribution in [3.05, 3.63) is 82.7 Å². The first-order valence-corrected chi connectivity index (χ1v) is 11.3. The average molecular weight is 463 g/mol. The first-order chi connectivity index (χ1) is 16.4. The molecule has 8 heteroatoms. The second-order valence-corrected chi connectivity index (χ2v) is 8.71. The van der Waals surface area contributed by atoms with E-state index in [2.05, 4.69) is 10.1 Å². The van der Waals surface area contributed by atoms with Gasteiger partial charge in [0.15, 0.2) is 5.84 Å². The summed E-state index contributed by atoms with van der Waals surface area (Å²) in [5.74, 6) is 0.917. The minimum absolute atomic E-state index is 0.280. The minimum atomic E-state index is -1.37. The maximum Gasteiger partial charge on any atom is 0.263 e. The molecule has 3 heterocycles. The van der Waals surface area contributed by atoms with Gasteiger partial charge in [-0.1, -0.05) is 17.3 Å². The normalized spacial score (nSPS) is 20.8. The molecule has 0 radical (unpaired) electrons. The van der Waals surface area contributed by atoms with E-state index in [0.717, 1.165) is 46.7 Å². The Morgan fingerprint density at radius 3 is 2.79 bits per heavy atom. The van der Waals surface area contributed by atoms with Crippen molar-refractivity contribution in [1.29, 1.82) is 0 Å². The molecule has 1 aromatic heterocycles. The maximum atomic E-state index is 14.9. The van der Waals surface area contributed by atoms with Crippen molar-refractivity contribution in [2.45, 2.75) is 32.4 Å². The van der Waals surface area contributed by atoms with E-state index in [4.69, 9.17) is 9.57 Å². The van der Waals surface area contributed by atoms with Crippen LogP contribution in [0.15, 0.2) is 59.7 Å². The van der Waals surface area contributed by atoms with Crippen molar-refractivity contribution in [3.8, 4) is 11.4 Å². The van der Waals surface area contributed by atoms with E-state index in [0.29, 0.717) is 12.4 Å². The summed E-state index contributed by atoms with van der Waals surface area (Å²) in [6, 6.07) is 10.9. The minimum Gasteiger partial charge on any atom is -0.495 e. The Kier molecular flexibility index (Phi) is 5.61. The summed E-state index contributed by atoms with van der Waals surface area (Å²) >= 11 is 0. The SMILES string of the molecule is COc1cc(C=C2CCCN3C2=NOC3(CO)c2ccc(C)cc2F)ccc1-n1cnc(C)c1. The van der Waals surface area contributed by atoms with Gasteiger partial charge >= 0.3 is 0 Å². The predicted octanol–water partition coefficient (Wildman–Crippen LogP) is 4.31. The molecule has 1 unspecified atom stereocenters. The number of aromatic nitrogens is 2. The molecule has 1 fully saturated rings. The van der Waals surface area contributed by atoms with Gasteiger partial charge in [-0.3, -0.25) is 0 Å². The highest BCUT2D eigenvalue weighted by molar-refractivity contribution is 6.03. The first kappa shape index (κ1) is 22.2. The van der Waals surface area contributed by atoms with Gasteiger partial charge in [0.25, 0.3) is 5.72 Å². The Hall–Kier alpha value is -3.65. The lowest BCUT2D eigenvalue weighted by Crippen LogP contribution is -2.51. The van der Waals surface area contributed by atoms with Gasteiger partial charge < -0.3 is 24.1 Å². The van der Waals surface area contributed by atoms with Crippen molar-refractivity contribution >= 4 is 11.9 Å². The number of piperidine rings is 1. The van der Waals surface area contributed by atoms with Crippen LogP contribution in [0.4, 0.5) is 4.39 Å². The molecule has 0 spiro atoms. The molecule has 1 N–H and O–H groups in total. The number of aliphatic hydroxyl groups excluding tert-OH is 1. The number of nitrogens with zero attached hydrogens (tertiary/aromatic N) is 4.